The van der Waals surface area contributed by atoms with E-state index in [0.717, 1.165) is 29.7 Å². The fourth-order valence-electron chi connectivity index (χ4n) is 5.00. The molecule has 2 aliphatic rings. The number of esters is 1. The van der Waals surface area contributed by atoms with Gasteiger partial charge in [0.1, 0.15) is 6.10 Å². The van der Waals surface area contributed by atoms with Crippen LogP contribution in [0.3, 0.4) is 0 Å². The molecule has 3 N–H and O–H groups in total. The van der Waals surface area contributed by atoms with Crippen molar-refractivity contribution in [1.29, 1.82) is 0 Å². The summed E-state index contributed by atoms with van der Waals surface area (Å²) in [7, 11) is 1.41. The van der Waals surface area contributed by atoms with E-state index >= 15 is 0 Å². The lowest BCUT2D eigenvalue weighted by molar-refractivity contribution is -0.140. The predicted molar refractivity (Wildman–Crippen MR) is 115 cm³/mol. The Morgan fingerprint density at radius 1 is 1.31 bits per heavy atom. The molecule has 1 aliphatic heterocycles. The number of rotatable bonds is 6. The van der Waals surface area contributed by atoms with Gasteiger partial charge in [-0.2, -0.15) is 0 Å². The number of aryl methyl sites for hydroxylation is 1. The number of hydrogen-bond donors (Lipinski definition) is 2. The zero-order chi connectivity index (χ0) is 21.0. The number of nitrogens with one attached hydrogen (secondary N) is 1. The standard InChI is InChI=1S/C23H36N2O4/c1-15-9-17(13-23(2,3)12-15)25-20-11-18(21-14-28-7-8-29-21)16(10-19(20)24)5-6-22(26)27-4/h10-11,15,17,21,25H,5-9,12-14,24H2,1-4H3/t15-,17+,21?/m0/s1. The molecule has 1 aliphatic carbocycles. The second-order valence-corrected chi connectivity index (χ2v) is 9.40. The maximum Gasteiger partial charge on any atom is 0.305 e. The minimum Gasteiger partial charge on any atom is -0.469 e. The van der Waals surface area contributed by atoms with Gasteiger partial charge in [-0.1, -0.05) is 20.8 Å². The number of anilines is 2. The van der Waals surface area contributed by atoms with Gasteiger partial charge in [0.05, 0.1) is 38.3 Å². The average molecular weight is 405 g/mol. The number of methoxy groups -OCH3 is 1. The third-order valence-electron chi connectivity index (χ3n) is 6.05. The van der Waals surface area contributed by atoms with Crippen LogP contribution in [0.4, 0.5) is 11.4 Å². The molecule has 0 bridgehead atoms. The van der Waals surface area contributed by atoms with E-state index in [1.807, 2.05) is 6.07 Å². The molecule has 1 saturated heterocycles. The third-order valence-corrected chi connectivity index (χ3v) is 6.05. The molecule has 0 amide bonds. The van der Waals surface area contributed by atoms with Crippen LogP contribution in [0.15, 0.2) is 12.1 Å². The Labute approximate surface area is 174 Å². The van der Waals surface area contributed by atoms with Gasteiger partial charge in [-0.3, -0.25) is 4.79 Å². The zero-order valence-corrected chi connectivity index (χ0v) is 18.3. The molecular weight excluding hydrogens is 368 g/mol. The first-order valence-corrected chi connectivity index (χ1v) is 10.7. The van der Waals surface area contributed by atoms with E-state index in [1.54, 1.807) is 0 Å². The summed E-state index contributed by atoms with van der Waals surface area (Å²) in [5.74, 6) is 0.460. The Hall–Kier alpha value is -1.79. The largest absolute Gasteiger partial charge is 0.469 e. The van der Waals surface area contributed by atoms with Crippen LogP contribution >= 0.6 is 0 Å². The van der Waals surface area contributed by atoms with Crippen LogP contribution in [-0.2, 0) is 25.4 Å². The number of hydrogen-bond acceptors (Lipinski definition) is 6. The van der Waals surface area contributed by atoms with E-state index in [2.05, 4.69) is 32.2 Å². The van der Waals surface area contributed by atoms with Gasteiger partial charge in [-0.25, -0.2) is 0 Å². The second-order valence-electron chi connectivity index (χ2n) is 9.40. The summed E-state index contributed by atoms with van der Waals surface area (Å²) in [6.07, 6.45) is 4.27. The summed E-state index contributed by atoms with van der Waals surface area (Å²) >= 11 is 0. The highest BCUT2D eigenvalue weighted by Gasteiger charge is 2.32. The summed E-state index contributed by atoms with van der Waals surface area (Å²) in [6, 6.07) is 4.48. The van der Waals surface area contributed by atoms with Crippen LogP contribution in [-0.4, -0.2) is 38.9 Å². The van der Waals surface area contributed by atoms with Crippen molar-refractivity contribution >= 4 is 17.3 Å². The van der Waals surface area contributed by atoms with Gasteiger partial charge in [0, 0.05) is 12.5 Å². The van der Waals surface area contributed by atoms with Gasteiger partial charge in [-0.05, 0) is 60.3 Å². The molecule has 1 saturated carbocycles. The Balaban J connectivity index is 1.84. The lowest BCUT2D eigenvalue weighted by Crippen LogP contribution is -2.35. The summed E-state index contributed by atoms with van der Waals surface area (Å²) in [5.41, 5.74) is 10.5. The molecule has 0 spiro atoms. The number of nitrogens with two attached hydrogens (primary N) is 1. The van der Waals surface area contributed by atoms with E-state index in [1.165, 1.54) is 13.5 Å². The van der Waals surface area contributed by atoms with Gasteiger partial charge in [0.25, 0.3) is 0 Å². The normalized spacial score (nSPS) is 26.7. The third kappa shape index (κ3) is 5.86. The zero-order valence-electron chi connectivity index (χ0n) is 18.3. The van der Waals surface area contributed by atoms with Crippen LogP contribution in [0.5, 0.6) is 0 Å². The van der Waals surface area contributed by atoms with E-state index in [4.69, 9.17) is 19.9 Å². The first-order valence-electron chi connectivity index (χ1n) is 10.7. The molecule has 29 heavy (non-hydrogen) atoms. The molecule has 0 radical (unpaired) electrons. The van der Waals surface area contributed by atoms with Crippen molar-refractivity contribution in [2.75, 3.05) is 38.0 Å². The topological polar surface area (TPSA) is 82.8 Å². The Bertz CT molecular complexity index is 713. The summed E-state index contributed by atoms with van der Waals surface area (Å²) in [4.78, 5) is 11.7. The molecule has 6 heteroatoms. The van der Waals surface area contributed by atoms with Crippen molar-refractivity contribution in [2.45, 2.75) is 65.0 Å². The van der Waals surface area contributed by atoms with Crippen LogP contribution in [0.25, 0.3) is 0 Å². The van der Waals surface area contributed by atoms with Crippen molar-refractivity contribution in [2.24, 2.45) is 11.3 Å². The van der Waals surface area contributed by atoms with Crippen LogP contribution < -0.4 is 11.1 Å². The summed E-state index contributed by atoms with van der Waals surface area (Å²) in [6.45, 7) is 8.71. The van der Waals surface area contributed by atoms with Crippen molar-refractivity contribution in [3.63, 3.8) is 0 Å². The van der Waals surface area contributed by atoms with Crippen LogP contribution in [0, 0.1) is 11.3 Å². The van der Waals surface area contributed by atoms with Gasteiger partial charge in [-0.15, -0.1) is 0 Å². The molecule has 3 rings (SSSR count). The molecular formula is C23H36N2O4. The first-order chi connectivity index (χ1) is 13.8. The fourth-order valence-corrected chi connectivity index (χ4v) is 5.00. The first kappa shape index (κ1) is 21.9. The number of carbonyl (C=O) groups excluding carboxylic acids is 1. The van der Waals surface area contributed by atoms with Crippen molar-refractivity contribution in [1.82, 2.24) is 0 Å². The molecule has 3 atom stereocenters. The van der Waals surface area contributed by atoms with E-state index < -0.39 is 0 Å². The predicted octanol–water partition coefficient (Wildman–Crippen LogP) is 4.09. The van der Waals surface area contributed by atoms with Crippen LogP contribution in [0.2, 0.25) is 0 Å². The highest BCUT2D eigenvalue weighted by molar-refractivity contribution is 5.72. The Morgan fingerprint density at radius 3 is 2.76 bits per heavy atom. The highest BCUT2D eigenvalue weighted by atomic mass is 16.6. The molecule has 162 valence electrons. The lowest BCUT2D eigenvalue weighted by Gasteiger charge is -2.40. The minimum atomic E-state index is -0.226. The maximum absolute atomic E-state index is 11.7. The van der Waals surface area contributed by atoms with Gasteiger partial charge < -0.3 is 25.3 Å². The van der Waals surface area contributed by atoms with E-state index in [9.17, 15) is 4.79 Å². The average Bonchev–Trinajstić information content (AvgIpc) is 2.66. The number of nitrogen functional groups attached to an aromatic ring is 1. The molecule has 0 aromatic heterocycles. The number of benzene rings is 1. The van der Waals surface area contributed by atoms with E-state index in [-0.39, 0.29) is 12.1 Å². The van der Waals surface area contributed by atoms with Gasteiger partial charge in [0.15, 0.2) is 0 Å². The van der Waals surface area contributed by atoms with E-state index in [0.29, 0.717) is 55.7 Å². The Morgan fingerprint density at radius 2 is 2.10 bits per heavy atom. The molecule has 2 fully saturated rings. The molecule has 1 unspecified atom stereocenters. The summed E-state index contributed by atoms with van der Waals surface area (Å²) < 4.78 is 16.4. The molecule has 1 aromatic rings. The maximum atomic E-state index is 11.7. The van der Waals surface area contributed by atoms with Crippen LogP contribution in [0.1, 0.15) is 63.7 Å². The summed E-state index contributed by atoms with van der Waals surface area (Å²) in [5, 5.41) is 3.70. The smallest absolute Gasteiger partial charge is 0.305 e. The van der Waals surface area contributed by atoms with Gasteiger partial charge >= 0.3 is 5.97 Å². The SMILES string of the molecule is COC(=O)CCc1cc(N)c(N[C@@H]2C[C@H](C)CC(C)(C)C2)cc1C1COCCO1. The highest BCUT2D eigenvalue weighted by Crippen LogP contribution is 2.41. The molecule has 1 heterocycles. The monoisotopic (exact) mass is 404 g/mol. The number of carbonyl (C=O) groups is 1. The molecule has 1 aromatic carbocycles. The lowest BCUT2D eigenvalue weighted by atomic mass is 9.70. The van der Waals surface area contributed by atoms with Crippen molar-refractivity contribution in [3.8, 4) is 0 Å². The van der Waals surface area contributed by atoms with Crippen molar-refractivity contribution in [3.05, 3.63) is 23.3 Å². The Kier molecular flexibility index (Phi) is 7.06. The fraction of sp³-hybridized carbons (Fsp3) is 0.696. The minimum absolute atomic E-state index is 0.140. The second kappa shape index (κ2) is 9.35. The quantitative estimate of drug-likeness (QED) is 0.549. The van der Waals surface area contributed by atoms with Crippen molar-refractivity contribution < 1.29 is 19.0 Å². The number of ether oxygens (including phenoxy) is 3. The van der Waals surface area contributed by atoms with Gasteiger partial charge in [0.2, 0.25) is 0 Å². The molecule has 6 nitrogen and oxygen atoms in total.